The molecule has 0 saturated carbocycles. The van der Waals surface area contributed by atoms with Crippen LogP contribution in [0.5, 0.6) is 0 Å². The predicted molar refractivity (Wildman–Crippen MR) is 155 cm³/mol. The Morgan fingerprint density at radius 1 is 0.511 bits per heavy atom. The summed E-state index contributed by atoms with van der Waals surface area (Å²) in [5, 5.41) is 90.0. The Balaban J connectivity index is 1.66. The van der Waals surface area contributed by atoms with Crippen LogP contribution in [0, 0.1) is 11.8 Å². The summed E-state index contributed by atoms with van der Waals surface area (Å²) in [6.45, 7) is 0.839. The molecule has 15 atom stereocenters. The number of hydrogen-bond acceptors (Lipinski definition) is 16. The minimum atomic E-state index is -1.58. The lowest BCUT2D eigenvalue weighted by atomic mass is 9.85. The lowest BCUT2D eigenvalue weighted by Gasteiger charge is -2.46. The summed E-state index contributed by atoms with van der Waals surface area (Å²) in [5.41, 5.74) is 0. The first kappa shape index (κ1) is 39.3. The van der Waals surface area contributed by atoms with Crippen LogP contribution in [-0.2, 0) is 38.1 Å². The number of carbonyl (C=O) groups excluding carboxylic acids is 3. The lowest BCUT2D eigenvalue weighted by Crippen LogP contribution is -2.65. The molecule has 3 fully saturated rings. The fourth-order valence-electron chi connectivity index (χ4n) is 6.24. The standard InChI is InChI=1S/C28H49N3O16/c1-11(35)29-21-19(9-44-8-15-17(5-33)47-28(42)23(25(15)39)31-13(3)37)45-16(4-32)14(24(21)38)7-43-10-20-22(30-12(2)36)27(41)26(40)18(6-34)46-20/h14-28,32-34,38-42H,4-10H2,1-3H3,(H,29,35)(H,30,36)(H,31,37). The Labute approximate surface area is 271 Å². The molecule has 19 nitrogen and oxygen atoms in total. The van der Waals surface area contributed by atoms with E-state index in [1.165, 1.54) is 20.8 Å². The molecule has 11 N–H and O–H groups in total. The molecule has 3 amide bonds. The molecule has 0 aromatic rings. The van der Waals surface area contributed by atoms with Crippen molar-refractivity contribution < 1.29 is 78.9 Å². The predicted octanol–water partition coefficient (Wildman–Crippen LogP) is -6.56. The maximum Gasteiger partial charge on any atom is 0.217 e. The minimum Gasteiger partial charge on any atom is -0.394 e. The smallest absolute Gasteiger partial charge is 0.217 e. The van der Waals surface area contributed by atoms with Crippen molar-refractivity contribution in [2.75, 3.05) is 46.2 Å². The van der Waals surface area contributed by atoms with Gasteiger partial charge in [-0.2, -0.15) is 0 Å². The molecule has 3 aliphatic rings. The summed E-state index contributed by atoms with van der Waals surface area (Å²) in [7, 11) is 0. The molecule has 0 aliphatic carbocycles. The van der Waals surface area contributed by atoms with Gasteiger partial charge in [0.25, 0.3) is 0 Å². The van der Waals surface area contributed by atoms with Crippen LogP contribution in [0.4, 0.5) is 0 Å². The molecule has 19 heteroatoms. The molecule has 3 aliphatic heterocycles. The van der Waals surface area contributed by atoms with Crippen LogP contribution in [0.1, 0.15) is 20.8 Å². The van der Waals surface area contributed by atoms with Crippen molar-refractivity contribution >= 4 is 17.7 Å². The van der Waals surface area contributed by atoms with Crippen molar-refractivity contribution in [1.82, 2.24) is 16.0 Å². The number of hydrogen-bond donors (Lipinski definition) is 11. The molecule has 0 bridgehead atoms. The van der Waals surface area contributed by atoms with E-state index in [0.717, 1.165) is 0 Å². The molecular formula is C28H49N3O16. The molecule has 0 spiro atoms. The highest BCUT2D eigenvalue weighted by Gasteiger charge is 2.48. The molecule has 3 heterocycles. The molecule has 272 valence electrons. The summed E-state index contributed by atoms with van der Waals surface area (Å²) >= 11 is 0. The quantitative estimate of drug-likeness (QED) is 0.0811. The summed E-state index contributed by atoms with van der Waals surface area (Å²) < 4.78 is 28.6. The van der Waals surface area contributed by atoms with Gasteiger partial charge in [0.2, 0.25) is 17.7 Å². The normalized spacial score (nSPS) is 40.8. The van der Waals surface area contributed by atoms with E-state index >= 15 is 0 Å². The van der Waals surface area contributed by atoms with E-state index in [0.29, 0.717) is 0 Å². The Bertz CT molecular complexity index is 1030. The van der Waals surface area contributed by atoms with Crippen molar-refractivity contribution in [2.24, 2.45) is 11.8 Å². The van der Waals surface area contributed by atoms with Crippen LogP contribution in [0.15, 0.2) is 0 Å². The zero-order valence-corrected chi connectivity index (χ0v) is 26.5. The highest BCUT2D eigenvalue weighted by atomic mass is 16.6. The Morgan fingerprint density at radius 2 is 0.894 bits per heavy atom. The van der Waals surface area contributed by atoms with E-state index in [9.17, 15) is 55.2 Å². The molecule has 0 aromatic heterocycles. The number of ether oxygens (including phenoxy) is 5. The topological polar surface area (TPSA) is 295 Å². The lowest BCUT2D eigenvalue weighted by molar-refractivity contribution is -0.248. The molecule has 15 unspecified atom stereocenters. The van der Waals surface area contributed by atoms with Crippen molar-refractivity contribution in [2.45, 2.75) is 100 Å². The Morgan fingerprint density at radius 3 is 1.34 bits per heavy atom. The first-order chi connectivity index (χ1) is 22.2. The highest BCUT2D eigenvalue weighted by Crippen LogP contribution is 2.30. The SMILES string of the molecule is CC(=O)NC1C(O)OC(CO)C(COCC2OC(CO)C(COCC3OC(CO)C(O)C(O)C3NC(C)=O)C(O)C2NC(C)=O)C1O. The van der Waals surface area contributed by atoms with Crippen LogP contribution in [0.3, 0.4) is 0 Å². The molecule has 3 saturated heterocycles. The van der Waals surface area contributed by atoms with Crippen LogP contribution in [0.25, 0.3) is 0 Å². The third kappa shape index (κ3) is 9.97. The third-order valence-electron chi connectivity index (χ3n) is 8.62. The van der Waals surface area contributed by atoms with Crippen LogP contribution in [-0.4, -0.2) is 184 Å². The second kappa shape index (κ2) is 18.0. The second-order valence-electron chi connectivity index (χ2n) is 12.1. The molecule has 47 heavy (non-hydrogen) atoms. The first-order valence-electron chi connectivity index (χ1n) is 15.4. The second-order valence-corrected chi connectivity index (χ2v) is 12.1. The van der Waals surface area contributed by atoms with Gasteiger partial charge >= 0.3 is 0 Å². The summed E-state index contributed by atoms with van der Waals surface area (Å²) in [6, 6.07) is -3.35. The third-order valence-corrected chi connectivity index (χ3v) is 8.62. The molecule has 3 rings (SSSR count). The van der Waals surface area contributed by atoms with Gasteiger partial charge in [0.15, 0.2) is 6.29 Å². The van der Waals surface area contributed by atoms with Gasteiger partial charge in [-0.15, -0.1) is 0 Å². The van der Waals surface area contributed by atoms with E-state index < -0.39 is 129 Å². The maximum absolute atomic E-state index is 12.1. The van der Waals surface area contributed by atoms with Crippen LogP contribution < -0.4 is 16.0 Å². The zero-order valence-electron chi connectivity index (χ0n) is 26.5. The Hall–Kier alpha value is -2.11. The van der Waals surface area contributed by atoms with Crippen molar-refractivity contribution in [1.29, 1.82) is 0 Å². The van der Waals surface area contributed by atoms with E-state index in [-0.39, 0.29) is 26.4 Å². The number of aliphatic hydroxyl groups excluding tert-OH is 8. The summed E-state index contributed by atoms with van der Waals surface area (Å²) in [6.07, 6.45) is -12.5. The van der Waals surface area contributed by atoms with Gasteiger partial charge in [0.05, 0.1) is 82.7 Å². The van der Waals surface area contributed by atoms with E-state index in [2.05, 4.69) is 16.0 Å². The Kier molecular flexibility index (Phi) is 15.1. The van der Waals surface area contributed by atoms with Gasteiger partial charge in [-0.05, 0) is 0 Å². The minimum absolute atomic E-state index is 0.248. The monoisotopic (exact) mass is 683 g/mol. The van der Waals surface area contributed by atoms with Gasteiger partial charge < -0.3 is 80.5 Å². The average molecular weight is 684 g/mol. The maximum atomic E-state index is 12.1. The fourth-order valence-corrected chi connectivity index (χ4v) is 6.24. The molecule has 0 radical (unpaired) electrons. The van der Waals surface area contributed by atoms with Crippen molar-refractivity contribution in [3.05, 3.63) is 0 Å². The zero-order chi connectivity index (χ0) is 35.0. The number of aliphatic hydroxyl groups is 8. The van der Waals surface area contributed by atoms with Crippen LogP contribution >= 0.6 is 0 Å². The van der Waals surface area contributed by atoms with Gasteiger partial charge in [0, 0.05) is 32.6 Å². The number of rotatable bonds is 14. The number of nitrogens with one attached hydrogen (secondary N) is 3. The van der Waals surface area contributed by atoms with Crippen molar-refractivity contribution in [3.63, 3.8) is 0 Å². The first-order valence-corrected chi connectivity index (χ1v) is 15.4. The van der Waals surface area contributed by atoms with E-state index in [1.54, 1.807) is 0 Å². The highest BCUT2D eigenvalue weighted by molar-refractivity contribution is 5.74. The van der Waals surface area contributed by atoms with Crippen LogP contribution in [0.2, 0.25) is 0 Å². The largest absolute Gasteiger partial charge is 0.394 e. The van der Waals surface area contributed by atoms with E-state index in [1.807, 2.05) is 0 Å². The average Bonchev–Trinajstić information content (AvgIpc) is 3.01. The molecule has 0 aromatic carbocycles. The van der Waals surface area contributed by atoms with Gasteiger partial charge in [0.1, 0.15) is 36.6 Å². The number of carbonyl (C=O) groups is 3. The molecular weight excluding hydrogens is 634 g/mol. The summed E-state index contributed by atoms with van der Waals surface area (Å²) in [4.78, 5) is 35.3. The van der Waals surface area contributed by atoms with Gasteiger partial charge in [-0.25, -0.2) is 0 Å². The van der Waals surface area contributed by atoms with Gasteiger partial charge in [-0.1, -0.05) is 0 Å². The number of amides is 3. The van der Waals surface area contributed by atoms with Crippen molar-refractivity contribution in [3.8, 4) is 0 Å². The van der Waals surface area contributed by atoms with E-state index in [4.69, 9.17) is 23.7 Å². The van der Waals surface area contributed by atoms with Gasteiger partial charge in [-0.3, -0.25) is 14.4 Å². The fraction of sp³-hybridized carbons (Fsp3) is 0.893. The summed E-state index contributed by atoms with van der Waals surface area (Å²) in [5.74, 6) is -3.37.